The molecule has 0 aliphatic carbocycles. The summed E-state index contributed by atoms with van der Waals surface area (Å²) in [5, 5.41) is 14.1. The monoisotopic (exact) mass is 363 g/mol. The van der Waals surface area contributed by atoms with Crippen LogP contribution in [0.3, 0.4) is 0 Å². The Morgan fingerprint density at radius 1 is 1.48 bits per heavy atom. The van der Waals surface area contributed by atoms with Crippen molar-refractivity contribution in [2.45, 2.75) is 25.8 Å². The summed E-state index contributed by atoms with van der Waals surface area (Å²) in [4.78, 5) is 29.5. The largest absolute Gasteiger partial charge is 0.476 e. The quantitative estimate of drug-likeness (QED) is 0.781. The van der Waals surface area contributed by atoms with Crippen LogP contribution in [0.25, 0.3) is 0 Å². The molecule has 25 heavy (non-hydrogen) atoms. The van der Waals surface area contributed by atoms with Gasteiger partial charge in [0.1, 0.15) is 5.76 Å². The number of hydrogen-bond donors (Lipinski definition) is 2. The Labute approximate surface area is 149 Å². The number of carbonyl (C=O) groups is 2. The smallest absolute Gasteiger partial charge is 0.355 e. The van der Waals surface area contributed by atoms with E-state index in [9.17, 15) is 9.59 Å². The van der Waals surface area contributed by atoms with Gasteiger partial charge in [0.2, 0.25) is 5.91 Å². The number of nitrogens with zero attached hydrogens (tertiary/aromatic N) is 2. The fourth-order valence-corrected chi connectivity index (χ4v) is 3.77. The number of amides is 1. The number of nitrogens with one attached hydrogen (secondary N) is 1. The molecule has 1 amide bonds. The first kappa shape index (κ1) is 17.6. The Morgan fingerprint density at radius 2 is 2.36 bits per heavy atom. The first-order valence-corrected chi connectivity index (χ1v) is 9.20. The summed E-state index contributed by atoms with van der Waals surface area (Å²) in [6.07, 6.45) is 4.10. The van der Waals surface area contributed by atoms with Crippen LogP contribution in [0.5, 0.6) is 0 Å². The van der Waals surface area contributed by atoms with Gasteiger partial charge in [0.25, 0.3) is 0 Å². The number of likely N-dealkylation sites (tertiary alicyclic amines) is 1. The third-order valence-electron chi connectivity index (χ3n) is 4.24. The van der Waals surface area contributed by atoms with Crippen LogP contribution in [0.15, 0.2) is 28.2 Å². The van der Waals surface area contributed by atoms with E-state index < -0.39 is 5.97 Å². The summed E-state index contributed by atoms with van der Waals surface area (Å²) in [6, 6.07) is 3.82. The first-order chi connectivity index (χ1) is 12.1. The van der Waals surface area contributed by atoms with Gasteiger partial charge in [-0.15, -0.1) is 11.3 Å². The Bertz CT molecular complexity index is 713. The second-order valence-electron chi connectivity index (χ2n) is 6.13. The minimum atomic E-state index is -1.02. The van der Waals surface area contributed by atoms with Crippen LogP contribution in [0.2, 0.25) is 0 Å². The first-order valence-electron chi connectivity index (χ1n) is 8.32. The van der Waals surface area contributed by atoms with Crippen LogP contribution < -0.4 is 5.32 Å². The highest BCUT2D eigenvalue weighted by molar-refractivity contribution is 7.09. The molecule has 134 valence electrons. The second kappa shape index (κ2) is 8.26. The van der Waals surface area contributed by atoms with E-state index in [0.29, 0.717) is 13.0 Å². The van der Waals surface area contributed by atoms with Crippen molar-refractivity contribution in [2.24, 2.45) is 5.92 Å². The molecule has 1 saturated heterocycles. The van der Waals surface area contributed by atoms with Crippen LogP contribution in [0, 0.1) is 5.92 Å². The minimum Gasteiger partial charge on any atom is -0.476 e. The summed E-state index contributed by atoms with van der Waals surface area (Å²) in [5.41, 5.74) is 0.0622. The average molecular weight is 363 g/mol. The highest BCUT2D eigenvalue weighted by Gasteiger charge is 2.26. The van der Waals surface area contributed by atoms with Crippen molar-refractivity contribution in [2.75, 3.05) is 19.6 Å². The zero-order valence-corrected chi connectivity index (χ0v) is 14.6. The zero-order valence-electron chi connectivity index (χ0n) is 13.8. The Kier molecular flexibility index (Phi) is 5.83. The lowest BCUT2D eigenvalue weighted by molar-refractivity contribution is -0.126. The van der Waals surface area contributed by atoms with E-state index in [0.717, 1.165) is 43.2 Å². The van der Waals surface area contributed by atoms with Gasteiger partial charge in [-0.25, -0.2) is 9.78 Å². The van der Waals surface area contributed by atoms with Gasteiger partial charge in [0, 0.05) is 24.9 Å². The minimum absolute atomic E-state index is 0.0189. The summed E-state index contributed by atoms with van der Waals surface area (Å²) < 4.78 is 5.37. The van der Waals surface area contributed by atoms with E-state index in [1.54, 1.807) is 6.26 Å². The van der Waals surface area contributed by atoms with E-state index in [1.807, 2.05) is 12.1 Å². The number of piperidine rings is 1. The van der Waals surface area contributed by atoms with Gasteiger partial charge in [0.05, 0.1) is 23.7 Å². The van der Waals surface area contributed by atoms with Crippen LogP contribution >= 0.6 is 11.3 Å². The number of carboxylic acids is 1. The van der Waals surface area contributed by atoms with Crippen LogP contribution in [-0.4, -0.2) is 46.5 Å². The number of aromatic nitrogens is 1. The number of hydrogen-bond acceptors (Lipinski definition) is 6. The number of carbonyl (C=O) groups excluding carboxylic acids is 1. The molecule has 0 spiro atoms. The van der Waals surface area contributed by atoms with Gasteiger partial charge < -0.3 is 14.8 Å². The van der Waals surface area contributed by atoms with Gasteiger partial charge in [0.15, 0.2) is 5.69 Å². The van der Waals surface area contributed by atoms with Crippen molar-refractivity contribution in [1.82, 2.24) is 15.2 Å². The molecule has 0 aromatic carbocycles. The summed E-state index contributed by atoms with van der Waals surface area (Å²) >= 11 is 1.31. The van der Waals surface area contributed by atoms with Crippen molar-refractivity contribution in [1.29, 1.82) is 0 Å². The molecule has 0 unspecified atom stereocenters. The molecule has 1 fully saturated rings. The summed E-state index contributed by atoms with van der Waals surface area (Å²) in [7, 11) is 0. The van der Waals surface area contributed by atoms with Crippen molar-refractivity contribution < 1.29 is 19.1 Å². The molecule has 0 radical (unpaired) electrons. The number of rotatable bonds is 7. The van der Waals surface area contributed by atoms with Crippen molar-refractivity contribution >= 4 is 23.2 Å². The maximum Gasteiger partial charge on any atom is 0.355 e. The van der Waals surface area contributed by atoms with Crippen LogP contribution in [0.4, 0.5) is 0 Å². The normalized spacial score (nSPS) is 18.2. The number of carboxylic acid groups (broad SMARTS) is 1. The molecule has 8 heteroatoms. The highest BCUT2D eigenvalue weighted by atomic mass is 32.1. The Hall–Kier alpha value is -2.19. The lowest BCUT2D eigenvalue weighted by Crippen LogP contribution is -2.43. The summed E-state index contributed by atoms with van der Waals surface area (Å²) in [6.45, 7) is 2.91. The van der Waals surface area contributed by atoms with Gasteiger partial charge in [-0.05, 0) is 31.5 Å². The third kappa shape index (κ3) is 4.90. The molecule has 0 saturated carbocycles. The number of thiazole rings is 1. The van der Waals surface area contributed by atoms with Crippen molar-refractivity contribution in [3.8, 4) is 0 Å². The maximum absolute atomic E-state index is 12.4. The predicted molar refractivity (Wildman–Crippen MR) is 92.5 cm³/mol. The molecule has 1 aliphatic rings. The number of furan rings is 1. The lowest BCUT2D eigenvalue weighted by Gasteiger charge is -2.31. The fraction of sp³-hybridized carbons (Fsp3) is 0.471. The molecule has 1 atom stereocenters. The topological polar surface area (TPSA) is 95.7 Å². The molecule has 2 N–H and O–H groups in total. The molecule has 3 heterocycles. The van der Waals surface area contributed by atoms with Gasteiger partial charge in [-0.3, -0.25) is 9.69 Å². The molecular formula is C17H21N3O4S. The van der Waals surface area contributed by atoms with Gasteiger partial charge in [-0.1, -0.05) is 0 Å². The SMILES string of the molecule is O=C(O)c1csc(CCNC(=O)[C@H]2CCCN(Cc3ccco3)C2)n1. The third-order valence-corrected chi connectivity index (χ3v) is 5.15. The van der Waals surface area contributed by atoms with E-state index in [1.165, 1.54) is 16.7 Å². The van der Waals surface area contributed by atoms with Crippen LogP contribution in [0.1, 0.15) is 34.1 Å². The lowest BCUT2D eigenvalue weighted by atomic mass is 9.97. The second-order valence-corrected chi connectivity index (χ2v) is 7.07. The molecule has 1 aliphatic heterocycles. The van der Waals surface area contributed by atoms with Crippen molar-refractivity contribution in [3.05, 3.63) is 40.2 Å². The standard InChI is InChI=1S/C17H21N3O4S/c21-16(18-6-5-15-19-14(11-25-15)17(22)23)12-3-1-7-20(9-12)10-13-4-2-8-24-13/h2,4,8,11-12H,1,3,5-7,9-10H2,(H,18,21)(H,22,23)/t12-/m0/s1. The summed E-state index contributed by atoms with van der Waals surface area (Å²) in [5.74, 6) is -0.0711. The van der Waals surface area contributed by atoms with E-state index in [2.05, 4.69) is 15.2 Å². The van der Waals surface area contributed by atoms with E-state index in [-0.39, 0.29) is 17.5 Å². The Morgan fingerprint density at radius 3 is 3.08 bits per heavy atom. The predicted octanol–water partition coefficient (Wildman–Crippen LogP) is 2.01. The van der Waals surface area contributed by atoms with Crippen LogP contribution in [-0.2, 0) is 17.8 Å². The molecule has 2 aromatic rings. The maximum atomic E-state index is 12.4. The molecule has 0 bridgehead atoms. The van der Waals surface area contributed by atoms with Gasteiger partial charge >= 0.3 is 5.97 Å². The van der Waals surface area contributed by atoms with Gasteiger partial charge in [-0.2, -0.15) is 0 Å². The van der Waals surface area contributed by atoms with E-state index in [4.69, 9.17) is 9.52 Å². The number of aromatic carboxylic acids is 1. The fourth-order valence-electron chi connectivity index (χ4n) is 3.00. The van der Waals surface area contributed by atoms with E-state index >= 15 is 0 Å². The molecule has 2 aromatic heterocycles. The molecule has 7 nitrogen and oxygen atoms in total. The average Bonchev–Trinajstić information content (AvgIpc) is 3.27. The molecular weight excluding hydrogens is 342 g/mol. The Balaban J connectivity index is 1.43. The van der Waals surface area contributed by atoms with Crippen molar-refractivity contribution in [3.63, 3.8) is 0 Å². The highest BCUT2D eigenvalue weighted by Crippen LogP contribution is 2.19. The zero-order chi connectivity index (χ0) is 17.6. The molecule has 3 rings (SSSR count).